The Kier molecular flexibility index (Phi) is 14.7. The number of aromatic nitrogens is 2. The SMILES string of the molecule is CC[C@H]1C[C@@]2(C(=O)O)CC[C@](C)(CO)C[C@H]2C2=CC[C@@H]3[C@@]4(C)[C@H](C[C@H]5[C@H]([C@H](C[C@H](CNC)[C@@H](N)O)c6cnc[nH]6)NC(=O)C56CCCC6)[C@@H](O)[C@@H](O[C@@H]5OC[C@@H](O)[C@H](O)[C@H]5O)[C@@](C)(CO)[C@H]4CC[C@@]3(C)[C@@]21C. The lowest BCUT2D eigenvalue weighted by Crippen LogP contribution is -2.73. The van der Waals surface area contributed by atoms with Crippen molar-refractivity contribution in [2.75, 3.05) is 33.4 Å². The summed E-state index contributed by atoms with van der Waals surface area (Å²) in [6.45, 7) is 13.1. The summed E-state index contributed by atoms with van der Waals surface area (Å²) in [4.78, 5) is 36.5. The zero-order valence-corrected chi connectivity index (χ0v) is 43.9. The minimum absolute atomic E-state index is 0.0166. The van der Waals surface area contributed by atoms with Crippen LogP contribution in [-0.4, -0.2) is 145 Å². The van der Waals surface area contributed by atoms with Crippen molar-refractivity contribution in [3.05, 3.63) is 29.9 Å². The van der Waals surface area contributed by atoms with E-state index in [1.807, 2.05) is 14.0 Å². The number of nitrogens with zero attached hydrogens (tertiary/aromatic N) is 1. The van der Waals surface area contributed by atoms with E-state index in [-0.39, 0.29) is 67.2 Å². The Morgan fingerprint density at radius 2 is 1.69 bits per heavy atom. The van der Waals surface area contributed by atoms with Gasteiger partial charge in [-0.15, -0.1) is 0 Å². The van der Waals surface area contributed by atoms with Crippen molar-refractivity contribution in [2.24, 2.45) is 85.1 Å². The summed E-state index contributed by atoms with van der Waals surface area (Å²) in [5.41, 5.74) is 3.37. The summed E-state index contributed by atoms with van der Waals surface area (Å²) in [6.07, 6.45) is 5.11. The number of hydrogen-bond donors (Lipinski definition) is 12. The third-order valence-corrected chi connectivity index (χ3v) is 23.0. The Hall–Kier alpha value is -2.55. The van der Waals surface area contributed by atoms with E-state index in [4.69, 9.17) is 15.2 Å². The molecule has 17 nitrogen and oxygen atoms in total. The van der Waals surface area contributed by atoms with Crippen LogP contribution < -0.4 is 16.4 Å². The molecule has 0 unspecified atom stereocenters. The van der Waals surface area contributed by atoms with Gasteiger partial charge in [-0.1, -0.05) is 72.5 Å². The van der Waals surface area contributed by atoms with Crippen LogP contribution in [0.15, 0.2) is 24.2 Å². The average molecular weight is 1010 g/mol. The summed E-state index contributed by atoms with van der Waals surface area (Å²) in [5.74, 6) is -3.05. The van der Waals surface area contributed by atoms with Crippen molar-refractivity contribution >= 4 is 11.9 Å². The molecule has 72 heavy (non-hydrogen) atoms. The molecule has 9 rings (SSSR count). The zero-order chi connectivity index (χ0) is 52.1. The number of carbonyl (C=O) groups excluding carboxylic acids is 1. The van der Waals surface area contributed by atoms with Gasteiger partial charge in [0.2, 0.25) is 5.91 Å². The molecule has 1 aromatic heterocycles. The van der Waals surface area contributed by atoms with Crippen molar-refractivity contribution in [2.45, 2.75) is 186 Å². The number of rotatable bonds is 15. The second-order valence-corrected chi connectivity index (χ2v) is 26.0. The lowest BCUT2D eigenvalue weighted by molar-refractivity contribution is -0.341. The molecular weight excluding hydrogens is 923 g/mol. The van der Waals surface area contributed by atoms with Crippen LogP contribution in [-0.2, 0) is 19.1 Å². The molecule has 6 aliphatic carbocycles. The minimum atomic E-state index is -1.64. The number of aliphatic hydroxyl groups is 7. The molecule has 2 saturated heterocycles. The smallest absolute Gasteiger partial charge is 0.310 e. The number of imidazole rings is 1. The zero-order valence-electron chi connectivity index (χ0n) is 43.9. The lowest BCUT2D eigenvalue weighted by atomic mass is 9.30. The van der Waals surface area contributed by atoms with E-state index in [0.717, 1.165) is 31.4 Å². The summed E-state index contributed by atoms with van der Waals surface area (Å²) >= 11 is 0. The maximum Gasteiger partial charge on any atom is 0.310 e. The minimum Gasteiger partial charge on any atom is -0.481 e. The van der Waals surface area contributed by atoms with Gasteiger partial charge < -0.3 is 71.7 Å². The van der Waals surface area contributed by atoms with Gasteiger partial charge in [0.25, 0.3) is 0 Å². The number of nitrogens with one attached hydrogen (secondary N) is 3. The number of carboxylic acid groups (broad SMARTS) is 1. The van der Waals surface area contributed by atoms with E-state index < -0.39 is 98.9 Å². The number of aliphatic carboxylic acids is 1. The molecule has 1 amide bonds. The van der Waals surface area contributed by atoms with Gasteiger partial charge in [0.05, 0.1) is 42.6 Å². The van der Waals surface area contributed by atoms with Gasteiger partial charge in [0.1, 0.15) is 24.5 Å². The summed E-state index contributed by atoms with van der Waals surface area (Å²) in [5, 5.41) is 98.2. The van der Waals surface area contributed by atoms with E-state index in [1.54, 1.807) is 12.5 Å². The van der Waals surface area contributed by atoms with Crippen molar-refractivity contribution in [3.8, 4) is 0 Å². The first kappa shape index (κ1) is 54.2. The Bertz CT molecular complexity index is 2160. The fourth-order valence-corrected chi connectivity index (χ4v) is 18.8. The molecular formula is C55H89N5O12. The van der Waals surface area contributed by atoms with Crippen molar-refractivity contribution < 1.29 is 59.9 Å². The van der Waals surface area contributed by atoms with E-state index in [0.29, 0.717) is 70.8 Å². The van der Waals surface area contributed by atoms with Gasteiger partial charge in [-0.25, -0.2) is 4.98 Å². The van der Waals surface area contributed by atoms with Gasteiger partial charge in [0, 0.05) is 48.3 Å². The fraction of sp³-hybridized carbons (Fsp3) is 0.873. The number of hydrogen-bond acceptors (Lipinski definition) is 14. The van der Waals surface area contributed by atoms with Gasteiger partial charge in [-0.3, -0.25) is 9.59 Å². The summed E-state index contributed by atoms with van der Waals surface area (Å²) in [6, 6.07) is -0.460. The highest BCUT2D eigenvalue weighted by Gasteiger charge is 2.75. The number of amides is 1. The van der Waals surface area contributed by atoms with Crippen LogP contribution in [0.2, 0.25) is 0 Å². The molecule has 2 aliphatic heterocycles. The number of allylic oxidation sites excluding steroid dienone is 2. The first-order valence-electron chi connectivity index (χ1n) is 27.5. The lowest BCUT2D eigenvalue weighted by Gasteiger charge is -2.74. The maximum atomic E-state index is 15.0. The quantitative estimate of drug-likeness (QED) is 0.0680. The third-order valence-electron chi connectivity index (χ3n) is 23.0. The first-order valence-corrected chi connectivity index (χ1v) is 27.5. The van der Waals surface area contributed by atoms with Crippen LogP contribution in [0.25, 0.3) is 0 Å². The van der Waals surface area contributed by atoms with Gasteiger partial charge in [-0.2, -0.15) is 0 Å². The molecule has 1 spiro atoms. The standard InChI is InChI=1S/C55H89N5O12/c1-8-30-21-55(48(69)70)18-17-49(2,26-61)22-35(55)32-11-12-39-51(4,53(30,32)6)16-13-38-50(3,27-62)44(72-46-43(66)42(65)37(63)25-71-46)41(64)34(52(38,39)5)20-33-40(60-47(68)54(33)14-9-10-15-54)31(36-24-58-28-59-36)19-29(23-57-7)45(56)67/h11,24,28-31,33-35,37-46,57,61-67H,8-10,12-23,25-27,56H2,1-7H3,(H,58,59)(H,60,68)(H,69,70)/t29-,30+,31-,33+,34-,35+,37-,38-,39+,40+,41-,42+,43-,44-,45+,46+,49+,50+,51-,52+,53-,55+/m1/s1. The van der Waals surface area contributed by atoms with E-state index >= 15 is 4.79 Å². The van der Waals surface area contributed by atoms with Crippen LogP contribution in [0.4, 0.5) is 0 Å². The van der Waals surface area contributed by atoms with Crippen molar-refractivity contribution in [3.63, 3.8) is 0 Å². The van der Waals surface area contributed by atoms with Crippen LogP contribution >= 0.6 is 0 Å². The predicted molar refractivity (Wildman–Crippen MR) is 266 cm³/mol. The highest BCUT2D eigenvalue weighted by molar-refractivity contribution is 5.86. The summed E-state index contributed by atoms with van der Waals surface area (Å²) < 4.78 is 12.7. The van der Waals surface area contributed by atoms with Crippen LogP contribution in [0.1, 0.15) is 143 Å². The van der Waals surface area contributed by atoms with E-state index in [2.05, 4.69) is 61.3 Å². The van der Waals surface area contributed by atoms with Gasteiger partial charge in [-0.05, 0) is 135 Å². The van der Waals surface area contributed by atoms with Crippen molar-refractivity contribution in [1.29, 1.82) is 0 Å². The van der Waals surface area contributed by atoms with Gasteiger partial charge >= 0.3 is 5.97 Å². The second-order valence-electron chi connectivity index (χ2n) is 26.0. The molecule has 8 aliphatic rings. The molecule has 5 saturated carbocycles. The second kappa shape index (κ2) is 19.5. The number of aromatic amines is 1. The topological polar surface area (TPSA) is 293 Å². The molecule has 1 aromatic rings. The van der Waals surface area contributed by atoms with Crippen LogP contribution in [0.5, 0.6) is 0 Å². The number of ether oxygens (including phenoxy) is 2. The monoisotopic (exact) mass is 1010 g/mol. The number of nitrogens with two attached hydrogens (primary N) is 1. The first-order chi connectivity index (χ1) is 34.0. The molecule has 17 heteroatoms. The number of H-pyrrole nitrogens is 1. The molecule has 22 atom stereocenters. The molecule has 3 heterocycles. The number of carboxylic acids is 1. The molecule has 7 fully saturated rings. The largest absolute Gasteiger partial charge is 0.481 e. The van der Waals surface area contributed by atoms with E-state index in [9.17, 15) is 45.6 Å². The number of carbonyl (C=O) groups is 2. The maximum absolute atomic E-state index is 15.0. The summed E-state index contributed by atoms with van der Waals surface area (Å²) in [7, 11) is 1.82. The Morgan fingerprint density at radius 3 is 2.31 bits per heavy atom. The molecule has 406 valence electrons. The third kappa shape index (κ3) is 7.88. The fourth-order valence-electron chi connectivity index (χ4n) is 18.8. The number of aliphatic hydroxyl groups excluding tert-OH is 7. The van der Waals surface area contributed by atoms with Gasteiger partial charge in [0.15, 0.2) is 6.29 Å². The van der Waals surface area contributed by atoms with Crippen molar-refractivity contribution in [1.82, 2.24) is 20.6 Å². The Balaban J connectivity index is 1.22. The normalized spacial score (nSPS) is 47.8. The molecule has 0 bridgehead atoms. The van der Waals surface area contributed by atoms with Crippen LogP contribution in [0, 0.1) is 79.3 Å². The van der Waals surface area contributed by atoms with E-state index in [1.165, 1.54) is 5.57 Å². The molecule has 13 N–H and O–H groups in total. The number of fused-ring (bicyclic) bond motifs is 7. The average Bonchev–Trinajstić information content (AvgIpc) is 4.13. The van der Waals surface area contributed by atoms with Crippen LogP contribution in [0.3, 0.4) is 0 Å². The Labute approximate surface area is 425 Å². The molecule has 0 aromatic carbocycles. The predicted octanol–water partition coefficient (Wildman–Crippen LogP) is 3.55. The molecule has 0 radical (unpaired) electrons. The Morgan fingerprint density at radius 1 is 0.972 bits per heavy atom. The highest BCUT2D eigenvalue weighted by Crippen LogP contribution is 2.79. The highest BCUT2D eigenvalue weighted by atomic mass is 16.7.